The van der Waals surface area contributed by atoms with Crippen LogP contribution in [0.4, 0.5) is 4.39 Å². The molecule has 3 aromatic rings. The maximum absolute atomic E-state index is 13.2. The molecule has 1 saturated heterocycles. The van der Waals surface area contributed by atoms with Gasteiger partial charge in [0.05, 0.1) is 19.3 Å². The van der Waals surface area contributed by atoms with Crippen molar-refractivity contribution in [1.29, 1.82) is 0 Å². The molecule has 6 nitrogen and oxygen atoms in total. The summed E-state index contributed by atoms with van der Waals surface area (Å²) >= 11 is 0. The van der Waals surface area contributed by atoms with Crippen LogP contribution in [0.1, 0.15) is 17.9 Å². The number of pyridine rings is 1. The molecule has 0 saturated carbocycles. The number of hydrogen-bond donors (Lipinski definition) is 2. The first-order chi connectivity index (χ1) is 13.1. The number of aromatic nitrogens is 2. The molecule has 0 amide bonds. The van der Waals surface area contributed by atoms with Gasteiger partial charge in [0.2, 0.25) is 5.89 Å². The Bertz CT molecular complexity index is 881. The molecule has 0 unspecified atom stereocenters. The molecule has 0 aliphatic carbocycles. The van der Waals surface area contributed by atoms with Gasteiger partial charge in [-0.25, -0.2) is 9.37 Å². The number of piperidine rings is 1. The molecule has 2 atom stereocenters. The van der Waals surface area contributed by atoms with Crippen molar-refractivity contribution < 1.29 is 19.0 Å². The second kappa shape index (κ2) is 7.34. The first-order valence-corrected chi connectivity index (χ1v) is 9.04. The highest BCUT2D eigenvalue weighted by Gasteiger charge is 2.42. The monoisotopic (exact) mass is 371 g/mol. The predicted molar refractivity (Wildman–Crippen MR) is 97.3 cm³/mol. The van der Waals surface area contributed by atoms with Crippen molar-refractivity contribution >= 4 is 11.2 Å². The molecule has 1 fully saturated rings. The van der Waals surface area contributed by atoms with Crippen LogP contribution in [0.25, 0.3) is 11.2 Å². The van der Waals surface area contributed by atoms with Gasteiger partial charge < -0.3 is 14.6 Å². The summed E-state index contributed by atoms with van der Waals surface area (Å²) in [5.74, 6) is 0.265. The second-order valence-corrected chi connectivity index (χ2v) is 7.27. The van der Waals surface area contributed by atoms with Crippen LogP contribution in [0.3, 0.4) is 0 Å². The van der Waals surface area contributed by atoms with Crippen molar-refractivity contribution in [3.05, 3.63) is 59.9 Å². The average molecular weight is 371 g/mol. The first-order valence-electron chi connectivity index (χ1n) is 9.04. The number of aliphatic hydroxyl groups excluding tert-OH is 2. The van der Waals surface area contributed by atoms with Crippen LogP contribution in [0.5, 0.6) is 0 Å². The topological polar surface area (TPSA) is 82.6 Å². The Balaban J connectivity index is 1.52. The summed E-state index contributed by atoms with van der Waals surface area (Å²) in [5, 5.41) is 20.7. The molecular formula is C20H22FN3O3. The maximum Gasteiger partial charge on any atom is 0.211 e. The minimum absolute atomic E-state index is 0.156. The fourth-order valence-electron chi connectivity index (χ4n) is 3.84. The maximum atomic E-state index is 13.2. The molecule has 4 rings (SSSR count). The molecule has 142 valence electrons. The van der Waals surface area contributed by atoms with E-state index in [1.54, 1.807) is 24.4 Å². The van der Waals surface area contributed by atoms with E-state index in [2.05, 4.69) is 14.9 Å². The Labute approximate surface area is 156 Å². The van der Waals surface area contributed by atoms with E-state index in [-0.39, 0.29) is 12.4 Å². The van der Waals surface area contributed by atoms with Crippen LogP contribution in [0.2, 0.25) is 0 Å². The number of benzene rings is 1. The molecular weight excluding hydrogens is 349 g/mol. The fraction of sp³-hybridized carbons (Fsp3) is 0.400. The van der Waals surface area contributed by atoms with Gasteiger partial charge >= 0.3 is 0 Å². The Morgan fingerprint density at radius 1 is 1.26 bits per heavy atom. The van der Waals surface area contributed by atoms with E-state index < -0.39 is 11.5 Å². The predicted octanol–water partition coefficient (Wildman–Crippen LogP) is 2.15. The Hall–Kier alpha value is -2.35. The molecule has 0 radical (unpaired) electrons. The standard InChI is InChI=1S/C20H22FN3O3/c21-15-5-3-14(4-6-15)10-20(13-25)12-24(9-7-17(20)26)11-18-23-19-16(27-18)2-1-8-22-19/h1-6,8,17,25-26H,7,9-13H2/t17-,20-/m0/s1. The van der Waals surface area contributed by atoms with E-state index in [1.165, 1.54) is 12.1 Å². The van der Waals surface area contributed by atoms with Crippen LogP contribution in [-0.2, 0) is 13.0 Å². The molecule has 0 bridgehead atoms. The zero-order chi connectivity index (χ0) is 18.9. The SMILES string of the molecule is OC[C@]1(Cc2ccc(F)cc2)CN(Cc2nc3ncccc3o2)CC[C@@H]1O. The zero-order valence-corrected chi connectivity index (χ0v) is 14.9. The van der Waals surface area contributed by atoms with Crippen LogP contribution in [0, 0.1) is 11.2 Å². The highest BCUT2D eigenvalue weighted by atomic mass is 19.1. The number of hydrogen-bond acceptors (Lipinski definition) is 6. The Morgan fingerprint density at radius 2 is 2.07 bits per heavy atom. The van der Waals surface area contributed by atoms with E-state index in [4.69, 9.17) is 4.42 Å². The molecule has 2 N–H and O–H groups in total. The van der Waals surface area contributed by atoms with Crippen molar-refractivity contribution in [1.82, 2.24) is 14.9 Å². The first kappa shape index (κ1) is 18.0. The van der Waals surface area contributed by atoms with E-state index in [0.29, 0.717) is 49.6 Å². The number of rotatable bonds is 5. The normalized spacial score (nSPS) is 23.7. The van der Waals surface area contributed by atoms with Gasteiger partial charge in [-0.05, 0) is 42.7 Å². The third-order valence-corrected chi connectivity index (χ3v) is 5.32. The van der Waals surface area contributed by atoms with Gasteiger partial charge in [-0.2, -0.15) is 4.98 Å². The average Bonchev–Trinajstić information content (AvgIpc) is 3.08. The summed E-state index contributed by atoms with van der Waals surface area (Å²) in [6, 6.07) is 9.83. The Morgan fingerprint density at radius 3 is 2.81 bits per heavy atom. The summed E-state index contributed by atoms with van der Waals surface area (Å²) in [5.41, 5.74) is 1.39. The van der Waals surface area contributed by atoms with Gasteiger partial charge in [0.1, 0.15) is 5.82 Å². The van der Waals surface area contributed by atoms with Crippen LogP contribution in [-0.4, -0.2) is 50.9 Å². The molecule has 2 aromatic heterocycles. The van der Waals surface area contributed by atoms with E-state index in [9.17, 15) is 14.6 Å². The quantitative estimate of drug-likeness (QED) is 0.715. The van der Waals surface area contributed by atoms with Crippen LogP contribution >= 0.6 is 0 Å². The van der Waals surface area contributed by atoms with Crippen molar-refractivity contribution in [2.75, 3.05) is 19.7 Å². The third kappa shape index (κ3) is 3.71. The summed E-state index contributed by atoms with van der Waals surface area (Å²) in [6.45, 7) is 1.50. The lowest BCUT2D eigenvalue weighted by molar-refractivity contribution is -0.0781. The molecule has 27 heavy (non-hydrogen) atoms. The summed E-state index contributed by atoms with van der Waals surface area (Å²) in [6.07, 6.45) is 2.05. The number of fused-ring (bicyclic) bond motifs is 1. The number of oxazole rings is 1. The highest BCUT2D eigenvalue weighted by Crippen LogP contribution is 2.34. The van der Waals surface area contributed by atoms with Crippen molar-refractivity contribution in [3.63, 3.8) is 0 Å². The van der Waals surface area contributed by atoms with Gasteiger partial charge in [0.25, 0.3) is 0 Å². The van der Waals surface area contributed by atoms with Crippen molar-refractivity contribution in [2.24, 2.45) is 5.41 Å². The van der Waals surface area contributed by atoms with Gasteiger partial charge in [-0.1, -0.05) is 12.1 Å². The van der Waals surface area contributed by atoms with Crippen molar-refractivity contribution in [2.45, 2.75) is 25.5 Å². The lowest BCUT2D eigenvalue weighted by Gasteiger charge is -2.45. The molecule has 0 spiro atoms. The van der Waals surface area contributed by atoms with Crippen LogP contribution in [0.15, 0.2) is 47.0 Å². The minimum atomic E-state index is -0.708. The number of halogens is 1. The van der Waals surface area contributed by atoms with Gasteiger partial charge in [-0.3, -0.25) is 4.90 Å². The lowest BCUT2D eigenvalue weighted by atomic mass is 9.73. The zero-order valence-electron chi connectivity index (χ0n) is 14.9. The van der Waals surface area contributed by atoms with E-state index in [0.717, 1.165) is 5.56 Å². The van der Waals surface area contributed by atoms with Crippen LogP contribution < -0.4 is 0 Å². The molecule has 7 heteroatoms. The van der Waals surface area contributed by atoms with Gasteiger partial charge in [0.15, 0.2) is 11.2 Å². The highest BCUT2D eigenvalue weighted by molar-refractivity contribution is 5.66. The minimum Gasteiger partial charge on any atom is -0.438 e. The molecule has 3 heterocycles. The smallest absolute Gasteiger partial charge is 0.211 e. The number of likely N-dealkylation sites (tertiary alicyclic amines) is 1. The summed E-state index contributed by atoms with van der Waals surface area (Å²) in [4.78, 5) is 10.7. The summed E-state index contributed by atoms with van der Waals surface area (Å²) < 4.78 is 18.9. The Kier molecular flexibility index (Phi) is 4.90. The number of aliphatic hydroxyl groups is 2. The lowest BCUT2D eigenvalue weighted by Crippen LogP contribution is -2.54. The molecule has 1 aliphatic rings. The summed E-state index contributed by atoms with van der Waals surface area (Å²) in [7, 11) is 0. The molecule has 1 aliphatic heterocycles. The second-order valence-electron chi connectivity index (χ2n) is 7.27. The third-order valence-electron chi connectivity index (χ3n) is 5.32. The van der Waals surface area contributed by atoms with E-state index >= 15 is 0 Å². The molecule has 1 aromatic carbocycles. The van der Waals surface area contributed by atoms with Gasteiger partial charge in [-0.15, -0.1) is 0 Å². The fourth-order valence-corrected chi connectivity index (χ4v) is 3.84. The van der Waals surface area contributed by atoms with E-state index in [1.807, 2.05) is 6.07 Å². The number of nitrogens with zero attached hydrogens (tertiary/aromatic N) is 3. The van der Waals surface area contributed by atoms with Gasteiger partial charge in [0, 0.05) is 24.7 Å². The van der Waals surface area contributed by atoms with Crippen molar-refractivity contribution in [3.8, 4) is 0 Å². The largest absolute Gasteiger partial charge is 0.438 e.